The van der Waals surface area contributed by atoms with Crippen LogP contribution in [0.2, 0.25) is 0 Å². The molecule has 2 atom stereocenters. The van der Waals surface area contributed by atoms with E-state index in [1.807, 2.05) is 0 Å². The van der Waals surface area contributed by atoms with Crippen molar-refractivity contribution in [3.8, 4) is 0 Å². The van der Waals surface area contributed by atoms with Crippen LogP contribution in [-0.2, 0) is 6.42 Å². The van der Waals surface area contributed by atoms with Crippen molar-refractivity contribution >= 4 is 11.8 Å². The minimum absolute atomic E-state index is 0.525. The first-order valence-corrected chi connectivity index (χ1v) is 7.07. The SMILES string of the molecule is CNC1c2ccccc2CCC1SC(C)C. The van der Waals surface area contributed by atoms with Crippen molar-refractivity contribution in [2.45, 2.75) is 43.2 Å². The Balaban J connectivity index is 2.23. The van der Waals surface area contributed by atoms with Gasteiger partial charge in [0.1, 0.15) is 0 Å². The van der Waals surface area contributed by atoms with Gasteiger partial charge in [0, 0.05) is 11.3 Å². The van der Waals surface area contributed by atoms with E-state index in [1.165, 1.54) is 24.0 Å². The minimum Gasteiger partial charge on any atom is -0.312 e. The Kier molecular flexibility index (Phi) is 3.93. The van der Waals surface area contributed by atoms with Gasteiger partial charge in [0.25, 0.3) is 0 Å². The lowest BCUT2D eigenvalue weighted by Gasteiger charge is -2.34. The van der Waals surface area contributed by atoms with Crippen LogP contribution in [0.3, 0.4) is 0 Å². The van der Waals surface area contributed by atoms with Gasteiger partial charge in [-0.2, -0.15) is 11.8 Å². The smallest absolute Gasteiger partial charge is 0.0441 e. The molecule has 0 amide bonds. The van der Waals surface area contributed by atoms with E-state index in [1.54, 1.807) is 0 Å². The van der Waals surface area contributed by atoms with Gasteiger partial charge in [-0.05, 0) is 36.3 Å². The fourth-order valence-electron chi connectivity index (χ4n) is 2.57. The maximum Gasteiger partial charge on any atom is 0.0441 e. The highest BCUT2D eigenvalue weighted by Crippen LogP contribution is 2.38. The van der Waals surface area contributed by atoms with E-state index in [0.29, 0.717) is 11.3 Å². The van der Waals surface area contributed by atoms with Crippen LogP contribution in [0.4, 0.5) is 0 Å². The van der Waals surface area contributed by atoms with Crippen LogP contribution >= 0.6 is 11.8 Å². The van der Waals surface area contributed by atoms with Crippen LogP contribution < -0.4 is 5.32 Å². The number of fused-ring (bicyclic) bond motifs is 1. The largest absolute Gasteiger partial charge is 0.312 e. The normalized spacial score (nSPS) is 24.5. The van der Waals surface area contributed by atoms with E-state index >= 15 is 0 Å². The second kappa shape index (κ2) is 5.24. The Morgan fingerprint density at radius 3 is 2.75 bits per heavy atom. The molecule has 88 valence electrons. The number of aryl methyl sites for hydroxylation is 1. The average molecular weight is 235 g/mol. The molecule has 1 aliphatic carbocycles. The summed E-state index contributed by atoms with van der Waals surface area (Å²) < 4.78 is 0. The van der Waals surface area contributed by atoms with Crippen LogP contribution in [-0.4, -0.2) is 17.5 Å². The third kappa shape index (κ3) is 2.44. The van der Waals surface area contributed by atoms with Crippen molar-refractivity contribution in [3.05, 3.63) is 35.4 Å². The predicted molar refractivity (Wildman–Crippen MR) is 73.1 cm³/mol. The van der Waals surface area contributed by atoms with Crippen LogP contribution in [0, 0.1) is 0 Å². The fourth-order valence-corrected chi connectivity index (χ4v) is 3.96. The highest BCUT2D eigenvalue weighted by molar-refractivity contribution is 8.00. The zero-order valence-electron chi connectivity index (χ0n) is 10.4. The lowest BCUT2D eigenvalue weighted by molar-refractivity contribution is 0.509. The molecule has 1 aliphatic rings. The molecule has 2 rings (SSSR count). The summed E-state index contributed by atoms with van der Waals surface area (Å²) >= 11 is 2.11. The van der Waals surface area contributed by atoms with Crippen molar-refractivity contribution in [2.75, 3.05) is 7.05 Å². The number of nitrogens with one attached hydrogen (secondary N) is 1. The van der Waals surface area contributed by atoms with E-state index in [4.69, 9.17) is 0 Å². The van der Waals surface area contributed by atoms with Crippen LogP contribution in [0.1, 0.15) is 37.4 Å². The van der Waals surface area contributed by atoms with E-state index in [-0.39, 0.29) is 0 Å². The first kappa shape index (κ1) is 12.0. The van der Waals surface area contributed by atoms with E-state index in [2.05, 4.69) is 62.2 Å². The van der Waals surface area contributed by atoms with Crippen LogP contribution in [0.5, 0.6) is 0 Å². The van der Waals surface area contributed by atoms with Gasteiger partial charge in [-0.3, -0.25) is 0 Å². The molecular weight excluding hydrogens is 214 g/mol. The molecule has 0 aromatic heterocycles. The summed E-state index contributed by atoms with van der Waals surface area (Å²) in [5.41, 5.74) is 3.04. The molecule has 1 aromatic carbocycles. The summed E-state index contributed by atoms with van der Waals surface area (Å²) in [7, 11) is 2.08. The maximum absolute atomic E-state index is 3.49. The zero-order chi connectivity index (χ0) is 11.5. The minimum atomic E-state index is 0.525. The molecule has 0 spiro atoms. The Bertz CT molecular complexity index is 348. The van der Waals surface area contributed by atoms with Gasteiger partial charge in [-0.15, -0.1) is 0 Å². The molecule has 16 heavy (non-hydrogen) atoms. The van der Waals surface area contributed by atoms with E-state index in [0.717, 1.165) is 5.25 Å². The lowest BCUT2D eigenvalue weighted by atomic mass is 9.87. The summed E-state index contributed by atoms with van der Waals surface area (Å²) in [4.78, 5) is 0. The third-order valence-corrected chi connectivity index (χ3v) is 4.62. The molecule has 1 N–H and O–H groups in total. The first-order chi connectivity index (χ1) is 7.72. The monoisotopic (exact) mass is 235 g/mol. The second-order valence-corrected chi connectivity index (χ2v) is 6.55. The molecule has 0 saturated heterocycles. The molecular formula is C14H21NS. The second-order valence-electron chi connectivity index (χ2n) is 4.73. The molecule has 2 heteroatoms. The first-order valence-electron chi connectivity index (χ1n) is 6.13. The standard InChI is InChI=1S/C14H21NS/c1-10(2)16-13-9-8-11-6-4-5-7-12(11)14(13)15-3/h4-7,10,13-15H,8-9H2,1-3H3. The Hall–Kier alpha value is -0.470. The molecule has 0 heterocycles. The van der Waals surface area contributed by atoms with Crippen molar-refractivity contribution < 1.29 is 0 Å². The number of hydrogen-bond donors (Lipinski definition) is 1. The summed E-state index contributed by atoms with van der Waals surface area (Å²) in [5, 5.41) is 4.93. The van der Waals surface area contributed by atoms with Gasteiger partial charge in [-0.1, -0.05) is 38.1 Å². The molecule has 1 nitrogen and oxygen atoms in total. The molecule has 1 aromatic rings. The van der Waals surface area contributed by atoms with Crippen molar-refractivity contribution in [3.63, 3.8) is 0 Å². The molecule has 0 saturated carbocycles. The van der Waals surface area contributed by atoms with Gasteiger partial charge >= 0.3 is 0 Å². The molecule has 2 unspecified atom stereocenters. The number of rotatable bonds is 3. The van der Waals surface area contributed by atoms with E-state index in [9.17, 15) is 0 Å². The zero-order valence-corrected chi connectivity index (χ0v) is 11.2. The Labute approximate surface area is 103 Å². The summed E-state index contributed by atoms with van der Waals surface area (Å²) in [5.74, 6) is 0. The third-order valence-electron chi connectivity index (χ3n) is 3.22. The fraction of sp³-hybridized carbons (Fsp3) is 0.571. The van der Waals surface area contributed by atoms with Crippen LogP contribution in [0.15, 0.2) is 24.3 Å². The molecule has 0 radical (unpaired) electrons. The van der Waals surface area contributed by atoms with Crippen molar-refractivity contribution in [2.24, 2.45) is 0 Å². The topological polar surface area (TPSA) is 12.0 Å². The maximum atomic E-state index is 3.49. The Morgan fingerprint density at radius 2 is 2.06 bits per heavy atom. The molecule has 0 bridgehead atoms. The van der Waals surface area contributed by atoms with Gasteiger partial charge in [0.2, 0.25) is 0 Å². The summed E-state index contributed by atoms with van der Waals surface area (Å²) in [6, 6.07) is 9.39. The van der Waals surface area contributed by atoms with Gasteiger partial charge in [-0.25, -0.2) is 0 Å². The average Bonchev–Trinajstić information content (AvgIpc) is 2.28. The number of thioether (sulfide) groups is 1. The quantitative estimate of drug-likeness (QED) is 0.861. The van der Waals surface area contributed by atoms with Crippen LogP contribution in [0.25, 0.3) is 0 Å². The van der Waals surface area contributed by atoms with Gasteiger partial charge < -0.3 is 5.32 Å². The predicted octanol–water partition coefficient (Wildman–Crippen LogP) is 3.40. The molecule has 0 aliphatic heterocycles. The van der Waals surface area contributed by atoms with E-state index < -0.39 is 0 Å². The summed E-state index contributed by atoms with van der Waals surface area (Å²) in [6.45, 7) is 4.58. The number of hydrogen-bond acceptors (Lipinski definition) is 2. The summed E-state index contributed by atoms with van der Waals surface area (Å²) in [6.07, 6.45) is 2.53. The van der Waals surface area contributed by atoms with Gasteiger partial charge in [0.05, 0.1) is 0 Å². The van der Waals surface area contributed by atoms with Crippen molar-refractivity contribution in [1.29, 1.82) is 0 Å². The highest BCUT2D eigenvalue weighted by Gasteiger charge is 2.28. The lowest BCUT2D eigenvalue weighted by Crippen LogP contribution is -2.32. The highest BCUT2D eigenvalue weighted by atomic mass is 32.2. The number of benzene rings is 1. The molecule has 0 fully saturated rings. The van der Waals surface area contributed by atoms with Crippen molar-refractivity contribution in [1.82, 2.24) is 5.32 Å². The van der Waals surface area contributed by atoms with Gasteiger partial charge in [0.15, 0.2) is 0 Å². The Morgan fingerprint density at radius 1 is 1.31 bits per heavy atom.